The Labute approximate surface area is 184 Å². The van der Waals surface area contributed by atoms with Crippen LogP contribution in [0.4, 0.5) is 0 Å². The Hall–Kier alpha value is -2.60. The van der Waals surface area contributed by atoms with Crippen LogP contribution in [-0.4, -0.2) is 65.9 Å². The van der Waals surface area contributed by atoms with E-state index in [0.717, 1.165) is 42.1 Å². The van der Waals surface area contributed by atoms with Gasteiger partial charge in [0.15, 0.2) is 5.78 Å². The molecule has 0 unspecified atom stereocenters. The first-order valence-electron chi connectivity index (χ1n) is 11.3. The number of ether oxygens (including phenoxy) is 1. The molecule has 0 radical (unpaired) electrons. The molecule has 0 spiro atoms. The van der Waals surface area contributed by atoms with Gasteiger partial charge in [-0.25, -0.2) is 0 Å². The van der Waals surface area contributed by atoms with E-state index in [1.54, 1.807) is 7.11 Å². The summed E-state index contributed by atoms with van der Waals surface area (Å²) < 4.78 is 7.50. The molecule has 1 aliphatic heterocycles. The molecule has 2 aromatic rings. The molecular weight excluding hydrogens is 390 g/mol. The summed E-state index contributed by atoms with van der Waals surface area (Å²) >= 11 is 0. The minimum absolute atomic E-state index is 0.190. The molecule has 31 heavy (non-hydrogen) atoms. The summed E-state index contributed by atoms with van der Waals surface area (Å²) in [7, 11) is 1.65. The maximum atomic E-state index is 12.9. The maximum Gasteiger partial charge on any atom is 0.222 e. The lowest BCUT2D eigenvalue weighted by Gasteiger charge is -2.34. The number of carbonyl (C=O) groups excluding carboxylic acids is 2. The van der Waals surface area contributed by atoms with Gasteiger partial charge < -0.3 is 14.2 Å². The van der Waals surface area contributed by atoms with Crippen molar-refractivity contribution in [2.45, 2.75) is 45.6 Å². The fourth-order valence-electron chi connectivity index (χ4n) is 4.60. The van der Waals surface area contributed by atoms with E-state index in [0.29, 0.717) is 32.1 Å². The lowest BCUT2D eigenvalue weighted by molar-refractivity contribution is -0.132. The van der Waals surface area contributed by atoms with E-state index in [2.05, 4.69) is 29.4 Å². The molecule has 0 atom stereocenters. The zero-order chi connectivity index (χ0) is 22.0. The van der Waals surface area contributed by atoms with Gasteiger partial charge in [0.1, 0.15) is 5.75 Å². The molecule has 1 amide bonds. The highest BCUT2D eigenvalue weighted by molar-refractivity contribution is 5.99. The third-order valence-corrected chi connectivity index (χ3v) is 6.58. The summed E-state index contributed by atoms with van der Waals surface area (Å²) in [6.07, 6.45) is 3.69. The van der Waals surface area contributed by atoms with Crippen molar-refractivity contribution in [1.29, 1.82) is 0 Å². The second kappa shape index (κ2) is 9.27. The van der Waals surface area contributed by atoms with Crippen LogP contribution in [0.2, 0.25) is 0 Å². The average Bonchev–Trinajstić information content (AvgIpc) is 3.57. The predicted molar refractivity (Wildman–Crippen MR) is 121 cm³/mol. The third kappa shape index (κ3) is 5.01. The molecule has 6 nitrogen and oxygen atoms in total. The zero-order valence-electron chi connectivity index (χ0n) is 18.9. The molecule has 1 aliphatic carbocycles. The van der Waals surface area contributed by atoms with Gasteiger partial charge in [-0.1, -0.05) is 12.1 Å². The molecule has 1 saturated heterocycles. The van der Waals surface area contributed by atoms with Gasteiger partial charge in [0.2, 0.25) is 5.91 Å². The van der Waals surface area contributed by atoms with E-state index in [1.807, 2.05) is 29.2 Å². The number of piperazine rings is 1. The van der Waals surface area contributed by atoms with Gasteiger partial charge in [0, 0.05) is 55.6 Å². The van der Waals surface area contributed by atoms with E-state index in [4.69, 9.17) is 4.74 Å². The van der Waals surface area contributed by atoms with Crippen LogP contribution in [0, 0.1) is 13.8 Å². The molecule has 0 N–H and O–H groups in total. The molecule has 166 valence electrons. The quantitative estimate of drug-likeness (QED) is 0.611. The first-order valence-corrected chi connectivity index (χ1v) is 11.3. The van der Waals surface area contributed by atoms with Crippen molar-refractivity contribution in [2.75, 3.05) is 39.8 Å². The molecule has 1 aromatic heterocycles. The van der Waals surface area contributed by atoms with Crippen LogP contribution >= 0.6 is 0 Å². The maximum absolute atomic E-state index is 12.9. The van der Waals surface area contributed by atoms with Crippen LogP contribution in [0.1, 0.15) is 52.6 Å². The number of amides is 1. The number of methoxy groups -OCH3 is 1. The van der Waals surface area contributed by atoms with Gasteiger partial charge in [0.05, 0.1) is 13.7 Å². The normalized spacial score (nSPS) is 17.1. The zero-order valence-corrected chi connectivity index (χ0v) is 18.9. The van der Waals surface area contributed by atoms with Crippen molar-refractivity contribution in [1.82, 2.24) is 14.4 Å². The van der Waals surface area contributed by atoms with Crippen LogP contribution in [0.5, 0.6) is 5.75 Å². The number of ketones is 1. The molecule has 2 fully saturated rings. The number of carbonyl (C=O) groups is 2. The van der Waals surface area contributed by atoms with E-state index in [-0.39, 0.29) is 11.7 Å². The number of aryl methyl sites for hydroxylation is 2. The van der Waals surface area contributed by atoms with E-state index in [9.17, 15) is 9.59 Å². The van der Waals surface area contributed by atoms with Gasteiger partial charge in [-0.05, 0) is 56.9 Å². The third-order valence-electron chi connectivity index (χ3n) is 6.58. The first-order chi connectivity index (χ1) is 15.0. The highest BCUT2D eigenvalue weighted by Gasteiger charge is 2.29. The van der Waals surface area contributed by atoms with Crippen LogP contribution in [-0.2, 0) is 11.2 Å². The first kappa shape index (κ1) is 21.6. The molecule has 2 aliphatic rings. The molecular formula is C25H33N3O3. The Balaban J connectivity index is 1.24. The summed E-state index contributed by atoms with van der Waals surface area (Å²) in [5.74, 6) is 1.21. The van der Waals surface area contributed by atoms with Crippen molar-refractivity contribution in [2.24, 2.45) is 0 Å². The number of hydrogen-bond donors (Lipinski definition) is 0. The summed E-state index contributed by atoms with van der Waals surface area (Å²) in [6.45, 7) is 7.48. The Kier molecular flexibility index (Phi) is 6.46. The number of aromatic nitrogens is 1. The van der Waals surface area contributed by atoms with Crippen molar-refractivity contribution < 1.29 is 14.3 Å². The fourth-order valence-corrected chi connectivity index (χ4v) is 4.60. The van der Waals surface area contributed by atoms with Crippen molar-refractivity contribution in [3.8, 4) is 5.75 Å². The topological polar surface area (TPSA) is 54.8 Å². The number of nitrogens with zero attached hydrogens (tertiary/aromatic N) is 3. The van der Waals surface area contributed by atoms with E-state index in [1.165, 1.54) is 18.5 Å². The predicted octanol–water partition coefficient (Wildman–Crippen LogP) is 3.41. The van der Waals surface area contributed by atoms with Gasteiger partial charge >= 0.3 is 0 Å². The van der Waals surface area contributed by atoms with Crippen LogP contribution in [0.15, 0.2) is 30.3 Å². The van der Waals surface area contributed by atoms with Crippen LogP contribution in [0.3, 0.4) is 0 Å². The largest absolute Gasteiger partial charge is 0.497 e. The Morgan fingerprint density at radius 3 is 2.32 bits per heavy atom. The van der Waals surface area contributed by atoms with Crippen molar-refractivity contribution in [3.05, 3.63) is 52.8 Å². The Bertz CT molecular complexity index is 936. The minimum Gasteiger partial charge on any atom is -0.497 e. The molecule has 6 heteroatoms. The second-order valence-electron chi connectivity index (χ2n) is 8.81. The number of Topliss-reactive ketones (excluding diaryl/α,β-unsaturated/α-hetero) is 1. The lowest BCUT2D eigenvalue weighted by atomic mass is 10.1. The number of benzene rings is 1. The molecule has 4 rings (SSSR count). The standard InChI is InChI=1S/C25H33N3O3/c1-18-16-23(19(2)28(18)21-7-8-21)24(29)17-26-12-14-27(15-13-26)25(30)11-6-20-4-9-22(31-3)10-5-20/h4-5,9-10,16,21H,6-8,11-15,17H2,1-3H3. The molecule has 2 heterocycles. The molecule has 1 saturated carbocycles. The summed E-state index contributed by atoms with van der Waals surface area (Å²) in [5.41, 5.74) is 4.30. The van der Waals surface area contributed by atoms with Crippen molar-refractivity contribution in [3.63, 3.8) is 0 Å². The summed E-state index contributed by atoms with van der Waals surface area (Å²) in [5, 5.41) is 0. The highest BCUT2D eigenvalue weighted by atomic mass is 16.5. The van der Waals surface area contributed by atoms with E-state index >= 15 is 0 Å². The smallest absolute Gasteiger partial charge is 0.222 e. The van der Waals surface area contributed by atoms with Gasteiger partial charge in [-0.2, -0.15) is 0 Å². The lowest BCUT2D eigenvalue weighted by Crippen LogP contribution is -2.50. The molecule has 0 bridgehead atoms. The minimum atomic E-state index is 0.190. The second-order valence-corrected chi connectivity index (χ2v) is 8.81. The van der Waals surface area contributed by atoms with Crippen LogP contribution in [0.25, 0.3) is 0 Å². The summed E-state index contributed by atoms with van der Waals surface area (Å²) in [4.78, 5) is 29.6. The van der Waals surface area contributed by atoms with Gasteiger partial charge in [-0.3, -0.25) is 14.5 Å². The van der Waals surface area contributed by atoms with Gasteiger partial charge in [-0.15, -0.1) is 0 Å². The fraction of sp³-hybridized carbons (Fsp3) is 0.520. The monoisotopic (exact) mass is 423 g/mol. The number of rotatable bonds is 8. The average molecular weight is 424 g/mol. The summed E-state index contributed by atoms with van der Waals surface area (Å²) in [6, 6.07) is 10.5. The Morgan fingerprint density at radius 2 is 1.71 bits per heavy atom. The Morgan fingerprint density at radius 1 is 1.03 bits per heavy atom. The highest BCUT2D eigenvalue weighted by Crippen LogP contribution is 2.38. The van der Waals surface area contributed by atoms with E-state index < -0.39 is 0 Å². The van der Waals surface area contributed by atoms with Crippen molar-refractivity contribution >= 4 is 11.7 Å². The van der Waals surface area contributed by atoms with Crippen LogP contribution < -0.4 is 4.74 Å². The van der Waals surface area contributed by atoms with Gasteiger partial charge in [0.25, 0.3) is 0 Å². The SMILES string of the molecule is COc1ccc(CCC(=O)N2CCN(CC(=O)c3cc(C)n(C4CC4)c3C)CC2)cc1. The number of hydrogen-bond acceptors (Lipinski definition) is 4. The molecule has 1 aromatic carbocycles.